The molecule has 1 aliphatic heterocycles. The number of benzene rings is 2. The van der Waals surface area contributed by atoms with E-state index in [0.29, 0.717) is 42.2 Å². The summed E-state index contributed by atoms with van der Waals surface area (Å²) in [4.78, 5) is 16.5. The highest BCUT2D eigenvalue weighted by molar-refractivity contribution is 7.89. The Hall–Kier alpha value is -2.58. The Bertz CT molecular complexity index is 1110. The van der Waals surface area contributed by atoms with Crippen molar-refractivity contribution in [2.45, 2.75) is 18.2 Å². The summed E-state index contributed by atoms with van der Waals surface area (Å²) in [6.07, 6.45) is 0.875. The van der Waals surface area contributed by atoms with Gasteiger partial charge in [-0.2, -0.15) is 4.31 Å². The first-order valence-electron chi connectivity index (χ1n) is 8.95. The largest absolute Gasteiger partial charge is 0.417 e. The molecule has 1 N–H and O–H groups in total. The highest BCUT2D eigenvalue weighted by Gasteiger charge is 2.29. The fraction of sp³-hybridized carbons (Fsp3) is 0.316. The van der Waals surface area contributed by atoms with Crippen molar-refractivity contribution >= 4 is 26.8 Å². The van der Waals surface area contributed by atoms with Crippen LogP contribution in [0.2, 0.25) is 0 Å². The van der Waals surface area contributed by atoms with Crippen molar-refractivity contribution in [3.05, 3.63) is 58.6 Å². The lowest BCUT2D eigenvalue weighted by atomic mass is 10.2. The molecule has 4 rings (SSSR count). The van der Waals surface area contributed by atoms with Crippen molar-refractivity contribution in [2.24, 2.45) is 0 Å². The summed E-state index contributed by atoms with van der Waals surface area (Å²) in [5.74, 6) is -0.491. The molecular weight excluding hydrogens is 366 g/mol. The summed E-state index contributed by atoms with van der Waals surface area (Å²) in [7, 11) is -3.50. The van der Waals surface area contributed by atoms with E-state index < -0.39 is 15.8 Å². The fourth-order valence-electron chi connectivity index (χ4n) is 3.42. The van der Waals surface area contributed by atoms with Gasteiger partial charge in [0.1, 0.15) is 0 Å². The van der Waals surface area contributed by atoms with Gasteiger partial charge in [-0.1, -0.05) is 25.1 Å². The van der Waals surface area contributed by atoms with E-state index in [9.17, 15) is 13.2 Å². The minimum Gasteiger partial charge on any atom is -0.406 e. The van der Waals surface area contributed by atoms with E-state index in [1.165, 1.54) is 4.31 Å². The molecular formula is C19H21N3O4S. The molecule has 27 heavy (non-hydrogen) atoms. The second-order valence-electron chi connectivity index (χ2n) is 6.56. The number of anilines is 1. The lowest BCUT2D eigenvalue weighted by molar-refractivity contribution is 0.384. The third-order valence-corrected chi connectivity index (χ3v) is 6.89. The van der Waals surface area contributed by atoms with E-state index in [-0.39, 0.29) is 0 Å². The van der Waals surface area contributed by atoms with Crippen molar-refractivity contribution in [2.75, 3.05) is 31.1 Å². The number of rotatable bonds is 4. The van der Waals surface area contributed by atoms with Crippen LogP contribution in [-0.2, 0) is 16.4 Å². The first-order chi connectivity index (χ1) is 13.0. The average molecular weight is 387 g/mol. The normalized spacial score (nSPS) is 16.1. The second kappa shape index (κ2) is 6.86. The molecule has 8 heteroatoms. The number of piperazine rings is 1. The number of sulfonamides is 1. The number of aryl methyl sites for hydroxylation is 1. The standard InChI is InChI=1S/C19H21N3O4S/c1-2-14-6-8-15(9-7-14)27(24,25)22-12-10-21(11-13-22)17-5-3-4-16-18(17)26-19(23)20-16/h3-9H,2,10-13H2,1H3,(H,20,23). The first-order valence-corrected chi connectivity index (χ1v) is 10.4. The van der Waals surface area contributed by atoms with Crippen molar-refractivity contribution in [1.29, 1.82) is 0 Å². The number of para-hydroxylation sites is 1. The Kier molecular flexibility index (Phi) is 4.53. The molecule has 1 aromatic heterocycles. The van der Waals surface area contributed by atoms with Crippen LogP contribution in [-0.4, -0.2) is 43.9 Å². The number of fused-ring (bicyclic) bond motifs is 1. The zero-order valence-corrected chi connectivity index (χ0v) is 15.8. The summed E-state index contributed by atoms with van der Waals surface area (Å²) < 4.78 is 32.5. The monoisotopic (exact) mass is 387 g/mol. The molecule has 1 saturated heterocycles. The summed E-state index contributed by atoms with van der Waals surface area (Å²) in [5, 5.41) is 0. The predicted octanol–water partition coefficient (Wildman–Crippen LogP) is 2.19. The van der Waals surface area contributed by atoms with Crippen LogP contribution in [0, 0.1) is 0 Å². The molecule has 142 valence electrons. The first kappa shape index (κ1) is 17.8. The number of aromatic nitrogens is 1. The summed E-state index contributed by atoms with van der Waals surface area (Å²) in [5.41, 5.74) is 3.06. The maximum absolute atomic E-state index is 12.9. The predicted molar refractivity (Wildman–Crippen MR) is 104 cm³/mol. The number of nitrogens with zero attached hydrogens (tertiary/aromatic N) is 2. The molecule has 2 heterocycles. The number of nitrogens with one attached hydrogen (secondary N) is 1. The number of H-pyrrole nitrogens is 1. The van der Waals surface area contributed by atoms with Crippen LogP contribution in [0.5, 0.6) is 0 Å². The average Bonchev–Trinajstić information content (AvgIpc) is 3.08. The van der Waals surface area contributed by atoms with Crippen LogP contribution >= 0.6 is 0 Å². The van der Waals surface area contributed by atoms with Crippen molar-refractivity contribution in [3.63, 3.8) is 0 Å². The van der Waals surface area contributed by atoms with E-state index in [4.69, 9.17) is 4.42 Å². The molecule has 3 aromatic rings. The summed E-state index contributed by atoms with van der Waals surface area (Å²) in [6, 6.07) is 12.6. The van der Waals surface area contributed by atoms with Gasteiger partial charge in [-0.3, -0.25) is 4.98 Å². The van der Waals surface area contributed by atoms with Crippen LogP contribution in [0.25, 0.3) is 11.1 Å². The molecule has 0 saturated carbocycles. The molecule has 7 nitrogen and oxygen atoms in total. The Labute approximate surface area is 157 Å². The van der Waals surface area contributed by atoms with Gasteiger partial charge in [0.25, 0.3) is 0 Å². The quantitative estimate of drug-likeness (QED) is 0.742. The van der Waals surface area contributed by atoms with E-state index in [1.54, 1.807) is 18.2 Å². The smallest absolute Gasteiger partial charge is 0.406 e. The van der Waals surface area contributed by atoms with E-state index in [2.05, 4.69) is 4.98 Å². The van der Waals surface area contributed by atoms with E-state index >= 15 is 0 Å². The Morgan fingerprint density at radius 2 is 1.74 bits per heavy atom. The lowest BCUT2D eigenvalue weighted by Crippen LogP contribution is -2.48. The molecule has 0 spiro atoms. The lowest BCUT2D eigenvalue weighted by Gasteiger charge is -2.35. The molecule has 0 radical (unpaired) electrons. The van der Waals surface area contributed by atoms with E-state index in [0.717, 1.165) is 17.7 Å². The van der Waals surface area contributed by atoms with Crippen LogP contribution in [0.4, 0.5) is 5.69 Å². The van der Waals surface area contributed by atoms with Gasteiger partial charge in [0.2, 0.25) is 10.0 Å². The minimum atomic E-state index is -3.50. The van der Waals surface area contributed by atoms with Crippen LogP contribution in [0.1, 0.15) is 12.5 Å². The van der Waals surface area contributed by atoms with Crippen LogP contribution in [0.15, 0.2) is 56.6 Å². The van der Waals surface area contributed by atoms with Crippen molar-refractivity contribution in [3.8, 4) is 0 Å². The van der Waals surface area contributed by atoms with Gasteiger partial charge >= 0.3 is 5.76 Å². The topological polar surface area (TPSA) is 86.6 Å². The number of oxazole rings is 1. The minimum absolute atomic E-state index is 0.326. The second-order valence-corrected chi connectivity index (χ2v) is 8.49. The number of hydrogen-bond acceptors (Lipinski definition) is 5. The Morgan fingerprint density at radius 1 is 1.04 bits per heavy atom. The molecule has 0 bridgehead atoms. The van der Waals surface area contributed by atoms with Crippen molar-refractivity contribution < 1.29 is 12.8 Å². The molecule has 1 fully saturated rings. The summed E-state index contributed by atoms with van der Waals surface area (Å²) >= 11 is 0. The third-order valence-electron chi connectivity index (χ3n) is 4.97. The Morgan fingerprint density at radius 3 is 2.41 bits per heavy atom. The van der Waals surface area contributed by atoms with Gasteiger partial charge in [-0.05, 0) is 36.2 Å². The maximum Gasteiger partial charge on any atom is 0.417 e. The van der Waals surface area contributed by atoms with Gasteiger partial charge < -0.3 is 9.32 Å². The highest BCUT2D eigenvalue weighted by atomic mass is 32.2. The fourth-order valence-corrected chi connectivity index (χ4v) is 4.85. The number of hydrogen-bond donors (Lipinski definition) is 1. The van der Waals surface area contributed by atoms with Crippen molar-refractivity contribution in [1.82, 2.24) is 9.29 Å². The molecule has 2 aromatic carbocycles. The zero-order chi connectivity index (χ0) is 19.0. The highest BCUT2D eigenvalue weighted by Crippen LogP contribution is 2.27. The molecule has 0 unspecified atom stereocenters. The van der Waals surface area contributed by atoms with Gasteiger partial charge in [0.05, 0.1) is 16.1 Å². The molecule has 0 atom stereocenters. The maximum atomic E-state index is 12.9. The number of aromatic amines is 1. The van der Waals surface area contributed by atoms with Gasteiger partial charge in [0, 0.05) is 26.2 Å². The molecule has 1 aliphatic rings. The SMILES string of the molecule is CCc1ccc(S(=O)(=O)N2CCN(c3cccc4[nH]c(=O)oc34)CC2)cc1. The van der Waals surface area contributed by atoms with Gasteiger partial charge in [-0.25, -0.2) is 13.2 Å². The summed E-state index contributed by atoms with van der Waals surface area (Å²) in [6.45, 7) is 3.85. The van der Waals surface area contributed by atoms with E-state index in [1.807, 2.05) is 36.1 Å². The van der Waals surface area contributed by atoms with Gasteiger partial charge in [-0.15, -0.1) is 0 Å². The molecule has 0 amide bonds. The Balaban J connectivity index is 1.53. The van der Waals surface area contributed by atoms with Crippen LogP contribution < -0.4 is 10.7 Å². The van der Waals surface area contributed by atoms with Crippen LogP contribution in [0.3, 0.4) is 0 Å². The van der Waals surface area contributed by atoms with Gasteiger partial charge in [0.15, 0.2) is 5.58 Å². The zero-order valence-electron chi connectivity index (χ0n) is 15.0. The third kappa shape index (κ3) is 3.26. The molecule has 0 aliphatic carbocycles.